The molecule has 0 bridgehead atoms. The van der Waals surface area contributed by atoms with E-state index in [1.165, 1.54) is 0 Å². The fourth-order valence-electron chi connectivity index (χ4n) is 2.09. The van der Waals surface area contributed by atoms with Gasteiger partial charge in [-0.3, -0.25) is 4.31 Å². The monoisotopic (exact) mass is 298 g/mol. The third kappa shape index (κ3) is 3.71. The minimum Gasteiger partial charge on any atom is -0.381 e. The van der Waals surface area contributed by atoms with E-state index < -0.39 is 10.0 Å². The van der Waals surface area contributed by atoms with Crippen LogP contribution >= 0.6 is 0 Å². The predicted molar refractivity (Wildman–Crippen MR) is 80.1 cm³/mol. The maximum Gasteiger partial charge on any atom is 0.237 e. The van der Waals surface area contributed by atoms with Crippen LogP contribution in [0.2, 0.25) is 0 Å². The van der Waals surface area contributed by atoms with E-state index >= 15 is 0 Å². The molecule has 0 spiro atoms. The molecule has 0 heterocycles. The van der Waals surface area contributed by atoms with Crippen molar-refractivity contribution in [1.82, 2.24) is 0 Å². The molecular formula is C14H22N2O3S. The summed E-state index contributed by atoms with van der Waals surface area (Å²) in [6.45, 7) is 3.09. The van der Waals surface area contributed by atoms with Gasteiger partial charge in [0.2, 0.25) is 10.0 Å². The molecule has 0 saturated heterocycles. The standard InChI is InChI=1S/C14H22N2O3S/c1-2-19-9-10-20(17,18)16(14-7-8-14)13-5-3-12(11-15)4-6-13/h3-6,14H,2,7-11,15H2,1H3. The molecule has 1 aromatic carbocycles. The molecule has 20 heavy (non-hydrogen) atoms. The van der Waals surface area contributed by atoms with Gasteiger partial charge in [-0.1, -0.05) is 12.1 Å². The molecule has 2 N–H and O–H groups in total. The third-order valence-corrected chi connectivity index (χ3v) is 5.09. The van der Waals surface area contributed by atoms with Crippen molar-refractivity contribution in [3.8, 4) is 0 Å². The zero-order valence-corrected chi connectivity index (χ0v) is 12.6. The van der Waals surface area contributed by atoms with Gasteiger partial charge in [-0.2, -0.15) is 0 Å². The van der Waals surface area contributed by atoms with Crippen LogP contribution in [-0.4, -0.2) is 33.4 Å². The van der Waals surface area contributed by atoms with E-state index in [0.717, 1.165) is 24.1 Å². The Morgan fingerprint density at radius 3 is 2.45 bits per heavy atom. The summed E-state index contributed by atoms with van der Waals surface area (Å²) in [7, 11) is -3.33. The lowest BCUT2D eigenvalue weighted by Crippen LogP contribution is -2.36. The number of ether oxygens (including phenoxy) is 1. The largest absolute Gasteiger partial charge is 0.381 e. The topological polar surface area (TPSA) is 72.6 Å². The maximum absolute atomic E-state index is 12.5. The van der Waals surface area contributed by atoms with E-state index in [0.29, 0.717) is 13.2 Å². The lowest BCUT2D eigenvalue weighted by atomic mass is 10.2. The number of nitrogens with two attached hydrogens (primary N) is 1. The molecule has 0 aromatic heterocycles. The van der Waals surface area contributed by atoms with Crippen LogP contribution in [-0.2, 0) is 21.3 Å². The zero-order chi connectivity index (χ0) is 14.6. The smallest absolute Gasteiger partial charge is 0.237 e. The zero-order valence-electron chi connectivity index (χ0n) is 11.8. The van der Waals surface area contributed by atoms with Gasteiger partial charge in [0.25, 0.3) is 0 Å². The molecule has 0 aliphatic heterocycles. The summed E-state index contributed by atoms with van der Waals surface area (Å²) in [4.78, 5) is 0. The van der Waals surface area contributed by atoms with Crippen molar-refractivity contribution in [2.24, 2.45) is 5.73 Å². The van der Waals surface area contributed by atoms with E-state index in [-0.39, 0.29) is 18.4 Å². The van der Waals surface area contributed by atoms with Crippen LogP contribution in [0.25, 0.3) is 0 Å². The van der Waals surface area contributed by atoms with Crippen LogP contribution < -0.4 is 10.0 Å². The Hall–Kier alpha value is -1.11. The van der Waals surface area contributed by atoms with E-state index in [2.05, 4.69) is 0 Å². The third-order valence-electron chi connectivity index (χ3n) is 3.29. The van der Waals surface area contributed by atoms with Gasteiger partial charge in [0, 0.05) is 19.2 Å². The highest BCUT2D eigenvalue weighted by atomic mass is 32.2. The molecule has 2 rings (SSSR count). The summed E-state index contributed by atoms with van der Waals surface area (Å²) >= 11 is 0. The van der Waals surface area contributed by atoms with Crippen LogP contribution in [0.4, 0.5) is 5.69 Å². The summed E-state index contributed by atoms with van der Waals surface area (Å²) in [6, 6.07) is 7.52. The minimum absolute atomic E-state index is 0.0238. The molecule has 0 radical (unpaired) electrons. The van der Waals surface area contributed by atoms with Crippen molar-refractivity contribution >= 4 is 15.7 Å². The second-order valence-electron chi connectivity index (χ2n) is 4.91. The van der Waals surface area contributed by atoms with Crippen molar-refractivity contribution < 1.29 is 13.2 Å². The number of nitrogens with zero attached hydrogens (tertiary/aromatic N) is 1. The summed E-state index contributed by atoms with van der Waals surface area (Å²) in [5.74, 6) is 0.0238. The first kappa shape index (κ1) is 15.3. The Kier molecular flexibility index (Phi) is 5.01. The van der Waals surface area contributed by atoms with Crippen LogP contribution in [0.5, 0.6) is 0 Å². The van der Waals surface area contributed by atoms with Gasteiger partial charge < -0.3 is 10.5 Å². The molecule has 1 saturated carbocycles. The highest BCUT2D eigenvalue weighted by Crippen LogP contribution is 2.34. The van der Waals surface area contributed by atoms with Gasteiger partial charge in [-0.25, -0.2) is 8.42 Å². The second-order valence-corrected chi connectivity index (χ2v) is 6.88. The normalized spacial score (nSPS) is 15.3. The average molecular weight is 298 g/mol. The van der Waals surface area contributed by atoms with E-state index in [4.69, 9.17) is 10.5 Å². The Balaban J connectivity index is 2.17. The van der Waals surface area contributed by atoms with Gasteiger partial charge in [0.1, 0.15) is 0 Å². The first-order chi connectivity index (χ1) is 9.58. The maximum atomic E-state index is 12.5. The van der Waals surface area contributed by atoms with Crippen molar-refractivity contribution in [3.05, 3.63) is 29.8 Å². The lowest BCUT2D eigenvalue weighted by Gasteiger charge is -2.24. The van der Waals surface area contributed by atoms with Crippen molar-refractivity contribution in [2.45, 2.75) is 32.4 Å². The van der Waals surface area contributed by atoms with E-state index in [9.17, 15) is 8.42 Å². The van der Waals surface area contributed by atoms with E-state index in [1.807, 2.05) is 31.2 Å². The van der Waals surface area contributed by atoms with Crippen LogP contribution in [0, 0.1) is 0 Å². The number of hydrogen-bond donors (Lipinski definition) is 1. The molecule has 1 fully saturated rings. The number of sulfonamides is 1. The molecule has 1 aliphatic rings. The Labute approximate surface area is 120 Å². The number of rotatable bonds is 8. The van der Waals surface area contributed by atoms with Crippen LogP contribution in [0.1, 0.15) is 25.3 Å². The number of benzene rings is 1. The molecule has 112 valence electrons. The SMILES string of the molecule is CCOCCS(=O)(=O)N(c1ccc(CN)cc1)C1CC1. The highest BCUT2D eigenvalue weighted by molar-refractivity contribution is 7.92. The van der Waals surface area contributed by atoms with Crippen LogP contribution in [0.15, 0.2) is 24.3 Å². The minimum atomic E-state index is -3.33. The fourth-order valence-corrected chi connectivity index (χ4v) is 3.73. The number of hydrogen-bond acceptors (Lipinski definition) is 4. The summed E-state index contributed by atoms with van der Waals surface area (Å²) < 4.78 is 31.6. The lowest BCUT2D eigenvalue weighted by molar-refractivity contribution is 0.163. The fraction of sp³-hybridized carbons (Fsp3) is 0.571. The second kappa shape index (κ2) is 6.56. The van der Waals surface area contributed by atoms with Crippen molar-refractivity contribution in [2.75, 3.05) is 23.3 Å². The molecule has 1 aliphatic carbocycles. The van der Waals surface area contributed by atoms with Crippen molar-refractivity contribution in [1.29, 1.82) is 0 Å². The summed E-state index contributed by atoms with van der Waals surface area (Å²) in [6.07, 6.45) is 1.85. The molecule has 6 heteroatoms. The van der Waals surface area contributed by atoms with Crippen LogP contribution in [0.3, 0.4) is 0 Å². The Bertz CT molecular complexity index is 524. The molecule has 0 amide bonds. The Morgan fingerprint density at radius 1 is 1.30 bits per heavy atom. The molecule has 0 atom stereocenters. The molecular weight excluding hydrogens is 276 g/mol. The summed E-state index contributed by atoms with van der Waals surface area (Å²) in [5, 5.41) is 0. The van der Waals surface area contributed by atoms with Gasteiger partial charge in [0.15, 0.2) is 0 Å². The number of anilines is 1. The van der Waals surface area contributed by atoms with Gasteiger partial charge in [-0.05, 0) is 37.5 Å². The average Bonchev–Trinajstić information content (AvgIpc) is 3.24. The van der Waals surface area contributed by atoms with Gasteiger partial charge in [0.05, 0.1) is 18.0 Å². The summed E-state index contributed by atoms with van der Waals surface area (Å²) in [5.41, 5.74) is 7.29. The predicted octanol–water partition coefficient (Wildman–Crippen LogP) is 1.48. The first-order valence-electron chi connectivity index (χ1n) is 6.97. The quantitative estimate of drug-likeness (QED) is 0.738. The molecule has 0 unspecified atom stereocenters. The van der Waals surface area contributed by atoms with Gasteiger partial charge >= 0.3 is 0 Å². The molecule has 1 aromatic rings. The van der Waals surface area contributed by atoms with E-state index in [1.54, 1.807) is 4.31 Å². The van der Waals surface area contributed by atoms with Crippen molar-refractivity contribution in [3.63, 3.8) is 0 Å². The van der Waals surface area contributed by atoms with Gasteiger partial charge in [-0.15, -0.1) is 0 Å². The highest BCUT2D eigenvalue weighted by Gasteiger charge is 2.37. The molecule has 5 nitrogen and oxygen atoms in total. The Morgan fingerprint density at radius 2 is 1.95 bits per heavy atom. The first-order valence-corrected chi connectivity index (χ1v) is 8.58.